The highest BCUT2D eigenvalue weighted by Gasteiger charge is 2.25. The maximum absolute atomic E-state index is 13.9. The lowest BCUT2D eigenvalue weighted by molar-refractivity contribution is -0.665. The summed E-state index contributed by atoms with van der Waals surface area (Å²) in [6, 6.07) is 13.9. The molecule has 0 spiro atoms. The molecular formula is C27H29FN+. The van der Waals surface area contributed by atoms with Gasteiger partial charge in [0.2, 0.25) is 5.69 Å². The molecule has 4 rings (SSSR count). The lowest BCUT2D eigenvalue weighted by Crippen LogP contribution is -2.35. The van der Waals surface area contributed by atoms with E-state index in [4.69, 9.17) is 1.37 Å². The quantitative estimate of drug-likeness (QED) is 0.248. The minimum Gasteiger partial charge on any atom is -0.207 e. The topological polar surface area (TPSA) is 3.88 Å². The predicted octanol–water partition coefficient (Wildman–Crippen LogP) is 6.85. The van der Waals surface area contributed by atoms with Crippen LogP contribution in [0.3, 0.4) is 0 Å². The van der Waals surface area contributed by atoms with E-state index in [9.17, 15) is 4.39 Å². The van der Waals surface area contributed by atoms with E-state index in [2.05, 4.69) is 51.3 Å². The third-order valence-electron chi connectivity index (χ3n) is 6.16. The van der Waals surface area contributed by atoms with Crippen molar-refractivity contribution in [1.29, 1.82) is 0 Å². The Morgan fingerprint density at radius 3 is 2.31 bits per heavy atom. The van der Waals surface area contributed by atoms with Gasteiger partial charge in [-0.25, -0.2) is 4.39 Å². The van der Waals surface area contributed by atoms with Crippen LogP contribution in [0.15, 0.2) is 48.5 Å². The highest BCUT2D eigenvalue weighted by molar-refractivity contribution is 6.12. The monoisotopic (exact) mass is 387 g/mol. The Hall–Kier alpha value is -2.74. The van der Waals surface area contributed by atoms with Crippen molar-refractivity contribution in [2.24, 2.45) is 7.05 Å². The molecule has 1 heterocycles. The molecule has 1 aromatic heterocycles. The lowest BCUT2D eigenvalue weighted by atomic mass is 9.82. The first kappa shape index (κ1) is 18.3. The first-order chi connectivity index (χ1) is 14.0. The first-order valence-corrected chi connectivity index (χ1v) is 10.1. The normalized spacial score (nSPS) is 12.6. The molecule has 4 aromatic rings. The number of aromatic nitrogens is 1. The zero-order chi connectivity index (χ0) is 22.0. The molecule has 0 saturated heterocycles. The largest absolute Gasteiger partial charge is 0.221 e. The maximum Gasteiger partial charge on any atom is 0.221 e. The van der Waals surface area contributed by atoms with Crippen LogP contribution in [0, 0.1) is 26.6 Å². The van der Waals surface area contributed by atoms with E-state index in [0.717, 1.165) is 32.9 Å². The number of rotatable bonds is 1. The van der Waals surface area contributed by atoms with Crippen molar-refractivity contribution in [2.45, 2.75) is 47.0 Å². The number of benzene rings is 3. The number of halogens is 1. The molecule has 3 aromatic carbocycles. The molecule has 0 saturated carbocycles. The third-order valence-corrected chi connectivity index (χ3v) is 6.16. The van der Waals surface area contributed by atoms with Gasteiger partial charge in [-0.3, -0.25) is 0 Å². The molecule has 0 amide bonds. The molecule has 0 atom stereocenters. The molecule has 0 N–H and O–H groups in total. The van der Waals surface area contributed by atoms with E-state index in [0.29, 0.717) is 6.04 Å². The maximum atomic E-state index is 13.9. The number of hydrogen-bond donors (Lipinski definition) is 0. The van der Waals surface area contributed by atoms with Gasteiger partial charge >= 0.3 is 0 Å². The number of hydrogen-bond acceptors (Lipinski definition) is 0. The van der Waals surface area contributed by atoms with Crippen LogP contribution < -0.4 is 4.57 Å². The Labute approximate surface area is 174 Å². The van der Waals surface area contributed by atoms with E-state index in [1.807, 2.05) is 32.2 Å². The molecule has 0 bridgehead atoms. The fourth-order valence-corrected chi connectivity index (χ4v) is 4.13. The second kappa shape index (κ2) is 6.66. The summed E-state index contributed by atoms with van der Waals surface area (Å²) in [7, 11) is 2.03. The van der Waals surface area contributed by atoms with Gasteiger partial charge in [-0.1, -0.05) is 45.0 Å². The van der Waals surface area contributed by atoms with Crippen molar-refractivity contribution in [3.63, 3.8) is 0 Å². The summed E-state index contributed by atoms with van der Waals surface area (Å²) in [5.74, 6) is -0.243. The molecule has 0 fully saturated rings. The molecule has 0 aliphatic carbocycles. The predicted molar refractivity (Wildman–Crippen MR) is 121 cm³/mol. The van der Waals surface area contributed by atoms with Crippen molar-refractivity contribution >= 4 is 21.5 Å². The zero-order valence-electron chi connectivity index (χ0n) is 19.4. The summed E-state index contributed by atoms with van der Waals surface area (Å²) in [5, 5.41) is 3.75. The van der Waals surface area contributed by atoms with Crippen LogP contribution in [0.4, 0.5) is 4.39 Å². The molecule has 29 heavy (non-hydrogen) atoms. The Balaban J connectivity index is 2.26. The van der Waals surface area contributed by atoms with Gasteiger partial charge in [0.1, 0.15) is 12.9 Å². The van der Waals surface area contributed by atoms with Crippen LogP contribution in [0.1, 0.15) is 44.5 Å². The van der Waals surface area contributed by atoms with Crippen LogP contribution in [0.2, 0.25) is 0 Å². The highest BCUT2D eigenvalue weighted by atomic mass is 19.1. The smallest absolute Gasteiger partial charge is 0.207 e. The van der Waals surface area contributed by atoms with Crippen molar-refractivity contribution in [3.05, 3.63) is 76.7 Å². The number of nitrogens with zero attached hydrogens (tertiary/aromatic N) is 1. The first-order valence-electron chi connectivity index (χ1n) is 10.6. The van der Waals surface area contributed by atoms with Crippen molar-refractivity contribution in [2.75, 3.05) is 0 Å². The van der Waals surface area contributed by atoms with E-state index < -0.39 is 0 Å². The van der Waals surface area contributed by atoms with Crippen LogP contribution in [0.5, 0.6) is 0 Å². The second-order valence-corrected chi connectivity index (χ2v) is 9.19. The lowest BCUT2D eigenvalue weighted by Gasteiger charge is -2.22. The van der Waals surface area contributed by atoms with Gasteiger partial charge < -0.3 is 0 Å². The average Bonchev–Trinajstić information content (AvgIpc) is 2.68. The fourth-order valence-electron chi connectivity index (χ4n) is 4.13. The zero-order valence-corrected chi connectivity index (χ0v) is 18.4. The second-order valence-electron chi connectivity index (χ2n) is 9.19. The fraction of sp³-hybridized carbons (Fsp3) is 0.296. The van der Waals surface area contributed by atoms with Crippen molar-refractivity contribution < 1.29 is 10.3 Å². The number of aryl methyl sites for hydroxylation is 1. The summed E-state index contributed by atoms with van der Waals surface area (Å²) in [5.41, 5.74) is 6.97. The summed E-state index contributed by atoms with van der Waals surface area (Å²) in [6.07, 6.45) is 0. The highest BCUT2D eigenvalue weighted by Crippen LogP contribution is 2.37. The molecule has 0 aliphatic heterocycles. The minimum atomic E-state index is -0.243. The third kappa shape index (κ3) is 3.21. The molecule has 0 unspecified atom stereocenters. The standard InChI is InChI=1S/C27H29FN/c1-16-12-21(27(4,5)6)15-24(18(16)3)26-25-20(13-17(2)29(26)7)9-8-19-14-22(28)10-11-23(19)25/h8-15H,1-7H3/q+1/i13D. The van der Waals surface area contributed by atoms with Gasteiger partial charge in [0.05, 0.1) is 12.3 Å². The molecule has 2 heteroatoms. The van der Waals surface area contributed by atoms with Crippen LogP contribution in [0.25, 0.3) is 32.8 Å². The Morgan fingerprint density at radius 2 is 1.62 bits per heavy atom. The van der Waals surface area contributed by atoms with Crippen molar-refractivity contribution in [3.8, 4) is 11.3 Å². The average molecular weight is 388 g/mol. The summed E-state index contributed by atoms with van der Waals surface area (Å²) in [6.45, 7) is 13.0. The van der Waals surface area contributed by atoms with E-state index >= 15 is 0 Å². The Kier molecular flexibility index (Phi) is 4.20. The van der Waals surface area contributed by atoms with Gasteiger partial charge in [-0.05, 0) is 70.3 Å². The molecule has 148 valence electrons. The SMILES string of the molecule is [2H]c1c(C)[n+](C)c(-c2cc(C(C)(C)C)cc(C)c2C)c2c1ccc1cc(F)ccc12. The molecular weight excluding hydrogens is 357 g/mol. The number of pyridine rings is 1. The van der Waals surface area contributed by atoms with Gasteiger partial charge in [-0.15, -0.1) is 0 Å². The van der Waals surface area contributed by atoms with Gasteiger partial charge in [0.15, 0.2) is 5.69 Å². The van der Waals surface area contributed by atoms with E-state index in [-0.39, 0.29) is 11.2 Å². The molecule has 1 nitrogen and oxygen atoms in total. The van der Waals surface area contributed by atoms with E-state index in [1.165, 1.54) is 28.3 Å². The molecule has 0 radical (unpaired) electrons. The summed E-state index contributed by atoms with van der Waals surface area (Å²) >= 11 is 0. The van der Waals surface area contributed by atoms with Gasteiger partial charge in [0, 0.05) is 13.0 Å². The minimum absolute atomic E-state index is 0.0250. The number of fused-ring (bicyclic) bond motifs is 3. The van der Waals surface area contributed by atoms with Gasteiger partial charge in [-0.2, -0.15) is 4.57 Å². The Bertz CT molecular complexity index is 1330. The summed E-state index contributed by atoms with van der Waals surface area (Å²) in [4.78, 5) is 0. The van der Waals surface area contributed by atoms with Crippen LogP contribution >= 0.6 is 0 Å². The summed E-state index contributed by atoms with van der Waals surface area (Å²) < 4.78 is 24.8. The van der Waals surface area contributed by atoms with Gasteiger partial charge in [0.25, 0.3) is 0 Å². The van der Waals surface area contributed by atoms with Crippen LogP contribution in [-0.2, 0) is 12.5 Å². The molecule has 0 aliphatic rings. The Morgan fingerprint density at radius 1 is 0.931 bits per heavy atom. The van der Waals surface area contributed by atoms with Crippen molar-refractivity contribution in [1.82, 2.24) is 0 Å². The van der Waals surface area contributed by atoms with Crippen LogP contribution in [-0.4, -0.2) is 0 Å². The van der Waals surface area contributed by atoms with E-state index in [1.54, 1.807) is 6.07 Å².